The SMILES string of the molecule is CN(C)CC(=O)Nc1ccc(C(=O)NN)cc1. The number of hydrogen-bond donors (Lipinski definition) is 3. The Labute approximate surface area is 99.7 Å². The van der Waals surface area contributed by atoms with E-state index in [4.69, 9.17) is 5.84 Å². The number of anilines is 1. The molecule has 0 aliphatic rings. The Morgan fingerprint density at radius 1 is 1.24 bits per heavy atom. The number of amides is 2. The molecule has 17 heavy (non-hydrogen) atoms. The van der Waals surface area contributed by atoms with E-state index in [9.17, 15) is 9.59 Å². The molecule has 0 unspecified atom stereocenters. The summed E-state index contributed by atoms with van der Waals surface area (Å²) >= 11 is 0. The first kappa shape index (κ1) is 13.1. The lowest BCUT2D eigenvalue weighted by Crippen LogP contribution is -2.30. The maximum absolute atomic E-state index is 11.4. The van der Waals surface area contributed by atoms with Crippen molar-refractivity contribution >= 4 is 17.5 Å². The Bertz CT molecular complexity index is 400. The summed E-state index contributed by atoms with van der Waals surface area (Å²) in [5.74, 6) is 4.53. The number of hydrazine groups is 1. The molecule has 0 heterocycles. The topological polar surface area (TPSA) is 87.5 Å². The molecule has 6 heteroatoms. The van der Waals surface area contributed by atoms with E-state index in [0.717, 1.165) is 0 Å². The van der Waals surface area contributed by atoms with Gasteiger partial charge in [0, 0.05) is 11.3 Å². The van der Waals surface area contributed by atoms with Crippen LogP contribution in [0.2, 0.25) is 0 Å². The Hall–Kier alpha value is -1.92. The molecule has 6 nitrogen and oxygen atoms in total. The van der Waals surface area contributed by atoms with Gasteiger partial charge in [-0.15, -0.1) is 0 Å². The highest BCUT2D eigenvalue weighted by Crippen LogP contribution is 2.09. The minimum atomic E-state index is -0.365. The molecule has 0 fully saturated rings. The van der Waals surface area contributed by atoms with E-state index in [-0.39, 0.29) is 11.8 Å². The van der Waals surface area contributed by atoms with E-state index in [2.05, 4.69) is 5.32 Å². The molecule has 4 N–H and O–H groups in total. The summed E-state index contributed by atoms with van der Waals surface area (Å²) in [4.78, 5) is 24.4. The van der Waals surface area contributed by atoms with Crippen molar-refractivity contribution in [1.82, 2.24) is 10.3 Å². The first-order chi connectivity index (χ1) is 8.02. The average molecular weight is 236 g/mol. The first-order valence-corrected chi connectivity index (χ1v) is 5.08. The normalized spacial score (nSPS) is 10.1. The van der Waals surface area contributed by atoms with Crippen LogP contribution in [0.25, 0.3) is 0 Å². The first-order valence-electron chi connectivity index (χ1n) is 5.08. The van der Waals surface area contributed by atoms with Crippen molar-refractivity contribution in [3.05, 3.63) is 29.8 Å². The maximum Gasteiger partial charge on any atom is 0.265 e. The average Bonchev–Trinajstić information content (AvgIpc) is 2.28. The second kappa shape index (κ2) is 5.97. The van der Waals surface area contributed by atoms with Crippen molar-refractivity contribution in [2.45, 2.75) is 0 Å². The quantitative estimate of drug-likeness (QED) is 0.383. The van der Waals surface area contributed by atoms with Crippen LogP contribution < -0.4 is 16.6 Å². The fourth-order valence-electron chi connectivity index (χ4n) is 1.28. The summed E-state index contributed by atoms with van der Waals surface area (Å²) in [6, 6.07) is 6.48. The molecule has 0 atom stereocenters. The summed E-state index contributed by atoms with van der Waals surface area (Å²) in [5, 5.41) is 2.71. The van der Waals surface area contributed by atoms with Gasteiger partial charge in [0.15, 0.2) is 0 Å². The van der Waals surface area contributed by atoms with Gasteiger partial charge in [-0.3, -0.25) is 15.0 Å². The predicted octanol–water partition coefficient (Wildman–Crippen LogP) is -0.210. The molecule has 0 aliphatic heterocycles. The van der Waals surface area contributed by atoms with Gasteiger partial charge >= 0.3 is 0 Å². The molecular formula is C11H16N4O2. The van der Waals surface area contributed by atoms with Gasteiger partial charge in [0.1, 0.15) is 0 Å². The highest BCUT2D eigenvalue weighted by molar-refractivity contribution is 5.95. The van der Waals surface area contributed by atoms with Crippen LogP contribution in [0.5, 0.6) is 0 Å². The number of nitrogens with one attached hydrogen (secondary N) is 2. The molecule has 0 aliphatic carbocycles. The van der Waals surface area contributed by atoms with Gasteiger partial charge in [0.2, 0.25) is 5.91 Å². The van der Waals surface area contributed by atoms with Crippen LogP contribution in [0, 0.1) is 0 Å². The Morgan fingerprint density at radius 3 is 2.29 bits per heavy atom. The van der Waals surface area contributed by atoms with Gasteiger partial charge in [-0.1, -0.05) is 0 Å². The second-order valence-electron chi connectivity index (χ2n) is 3.84. The van der Waals surface area contributed by atoms with E-state index in [1.54, 1.807) is 29.2 Å². The molecule has 1 aromatic carbocycles. The molecule has 0 saturated carbocycles. The molecule has 1 aromatic rings. The maximum atomic E-state index is 11.4. The van der Waals surface area contributed by atoms with Gasteiger partial charge in [0.05, 0.1) is 6.54 Å². The minimum absolute atomic E-state index is 0.106. The third-order valence-corrected chi connectivity index (χ3v) is 2.02. The Balaban J connectivity index is 2.62. The van der Waals surface area contributed by atoms with Gasteiger partial charge in [-0.25, -0.2) is 5.84 Å². The van der Waals surface area contributed by atoms with E-state index in [1.165, 1.54) is 0 Å². The summed E-state index contributed by atoms with van der Waals surface area (Å²) in [6.45, 7) is 0.311. The van der Waals surface area contributed by atoms with Crippen LogP contribution in [0.3, 0.4) is 0 Å². The summed E-state index contributed by atoms with van der Waals surface area (Å²) in [7, 11) is 3.63. The summed E-state index contributed by atoms with van der Waals surface area (Å²) in [5.41, 5.74) is 3.12. The second-order valence-corrected chi connectivity index (χ2v) is 3.84. The number of carbonyl (C=O) groups excluding carboxylic acids is 2. The molecule has 0 saturated heterocycles. The zero-order valence-corrected chi connectivity index (χ0v) is 9.86. The number of benzene rings is 1. The van der Waals surface area contributed by atoms with E-state index in [1.807, 2.05) is 19.5 Å². The van der Waals surface area contributed by atoms with Crippen LogP contribution in [0.15, 0.2) is 24.3 Å². The van der Waals surface area contributed by atoms with Gasteiger partial charge in [-0.2, -0.15) is 0 Å². The highest BCUT2D eigenvalue weighted by Gasteiger charge is 2.05. The lowest BCUT2D eigenvalue weighted by atomic mass is 10.2. The van der Waals surface area contributed by atoms with Crippen LogP contribution in [0.1, 0.15) is 10.4 Å². The number of likely N-dealkylation sites (N-methyl/N-ethyl adjacent to an activating group) is 1. The standard InChI is InChI=1S/C11H16N4O2/c1-15(2)7-10(16)13-9-5-3-8(4-6-9)11(17)14-12/h3-6H,7,12H2,1-2H3,(H,13,16)(H,14,17). The van der Waals surface area contributed by atoms with Crippen molar-refractivity contribution in [2.75, 3.05) is 26.0 Å². The van der Waals surface area contributed by atoms with Gasteiger partial charge in [-0.05, 0) is 38.4 Å². The Morgan fingerprint density at radius 2 is 1.82 bits per heavy atom. The predicted molar refractivity (Wildman–Crippen MR) is 65.3 cm³/mol. The molecule has 2 amide bonds. The van der Waals surface area contributed by atoms with E-state index < -0.39 is 0 Å². The van der Waals surface area contributed by atoms with Crippen LogP contribution >= 0.6 is 0 Å². The van der Waals surface area contributed by atoms with Crippen LogP contribution in [-0.2, 0) is 4.79 Å². The molecule has 0 spiro atoms. The number of nitrogens with two attached hydrogens (primary N) is 1. The molecule has 92 valence electrons. The van der Waals surface area contributed by atoms with Crippen molar-refractivity contribution in [3.63, 3.8) is 0 Å². The molecule has 0 aromatic heterocycles. The van der Waals surface area contributed by atoms with Crippen molar-refractivity contribution in [3.8, 4) is 0 Å². The van der Waals surface area contributed by atoms with Gasteiger partial charge < -0.3 is 10.2 Å². The Kier molecular flexibility index (Phi) is 4.62. The highest BCUT2D eigenvalue weighted by atomic mass is 16.2. The van der Waals surface area contributed by atoms with Crippen molar-refractivity contribution in [2.24, 2.45) is 5.84 Å². The van der Waals surface area contributed by atoms with E-state index in [0.29, 0.717) is 17.8 Å². The monoisotopic (exact) mass is 236 g/mol. The third-order valence-electron chi connectivity index (χ3n) is 2.02. The number of hydrogen-bond acceptors (Lipinski definition) is 4. The fourth-order valence-corrected chi connectivity index (χ4v) is 1.28. The summed E-state index contributed by atoms with van der Waals surface area (Å²) in [6.07, 6.45) is 0. The van der Waals surface area contributed by atoms with Gasteiger partial charge in [0.25, 0.3) is 5.91 Å². The number of nitrogen functional groups attached to an aromatic ring is 1. The zero-order valence-electron chi connectivity index (χ0n) is 9.86. The smallest absolute Gasteiger partial charge is 0.265 e. The van der Waals surface area contributed by atoms with E-state index >= 15 is 0 Å². The number of rotatable bonds is 4. The molecule has 1 rings (SSSR count). The van der Waals surface area contributed by atoms with Crippen molar-refractivity contribution in [1.29, 1.82) is 0 Å². The molecule has 0 radical (unpaired) electrons. The number of carbonyl (C=O) groups is 2. The third kappa shape index (κ3) is 4.21. The van der Waals surface area contributed by atoms with Crippen LogP contribution in [-0.4, -0.2) is 37.4 Å². The fraction of sp³-hybridized carbons (Fsp3) is 0.273. The van der Waals surface area contributed by atoms with Crippen molar-refractivity contribution < 1.29 is 9.59 Å². The van der Waals surface area contributed by atoms with Crippen LogP contribution in [0.4, 0.5) is 5.69 Å². The zero-order chi connectivity index (χ0) is 12.8. The lowest BCUT2D eigenvalue weighted by Gasteiger charge is -2.10. The molecular weight excluding hydrogens is 220 g/mol. The number of nitrogens with zero attached hydrogens (tertiary/aromatic N) is 1. The molecule has 0 bridgehead atoms. The largest absolute Gasteiger partial charge is 0.325 e. The lowest BCUT2D eigenvalue weighted by molar-refractivity contribution is -0.116. The minimum Gasteiger partial charge on any atom is -0.325 e. The summed E-state index contributed by atoms with van der Waals surface area (Å²) < 4.78 is 0.